The Bertz CT molecular complexity index is 602. The Hall–Kier alpha value is -1.70. The number of H-pyrrole nitrogens is 1. The van der Waals surface area contributed by atoms with E-state index >= 15 is 0 Å². The number of sulfone groups is 1. The predicted molar refractivity (Wildman–Crippen MR) is 58.7 cm³/mol. The summed E-state index contributed by atoms with van der Waals surface area (Å²) in [6.45, 7) is 3.01. The molecule has 0 saturated heterocycles. The molecule has 0 radical (unpaired) electrons. The molecule has 0 bridgehead atoms. The lowest BCUT2D eigenvalue weighted by Gasteiger charge is -2.06. The lowest BCUT2D eigenvalue weighted by atomic mass is 10.3. The number of esters is 1. The number of hydrogen-bond donors (Lipinski definition) is 1. The van der Waals surface area contributed by atoms with E-state index in [-0.39, 0.29) is 12.4 Å². The average Bonchev–Trinajstić information content (AvgIpc) is 2.15. The molecular weight excluding hydrogens is 248 g/mol. The quantitative estimate of drug-likeness (QED) is 0.588. The SMILES string of the molecule is CCOC(=O)c1c(S(C)(=O)=O)nc(C)[nH]c1=O. The number of nitrogens with zero attached hydrogens (tertiary/aromatic N) is 1. The molecule has 0 aliphatic carbocycles. The van der Waals surface area contributed by atoms with Crippen LogP contribution < -0.4 is 5.56 Å². The summed E-state index contributed by atoms with van der Waals surface area (Å²) < 4.78 is 27.5. The number of aryl methyl sites for hydroxylation is 1. The monoisotopic (exact) mass is 260 g/mol. The number of carbonyl (C=O) groups excluding carboxylic acids is 1. The summed E-state index contributed by atoms with van der Waals surface area (Å²) in [6.07, 6.45) is 0.872. The van der Waals surface area contributed by atoms with Crippen LogP contribution in [0, 0.1) is 6.92 Å². The van der Waals surface area contributed by atoms with Gasteiger partial charge in [-0.05, 0) is 13.8 Å². The van der Waals surface area contributed by atoms with E-state index in [1.165, 1.54) is 6.92 Å². The molecule has 0 aliphatic rings. The fourth-order valence-electron chi connectivity index (χ4n) is 1.21. The van der Waals surface area contributed by atoms with Crippen LogP contribution in [0.25, 0.3) is 0 Å². The third kappa shape index (κ3) is 2.90. The first-order chi connectivity index (χ1) is 7.77. The molecule has 0 fully saturated rings. The summed E-state index contributed by atoms with van der Waals surface area (Å²) in [5.74, 6) is -0.884. The molecule has 0 atom stereocenters. The van der Waals surface area contributed by atoms with E-state index in [9.17, 15) is 18.0 Å². The van der Waals surface area contributed by atoms with Crippen molar-refractivity contribution < 1.29 is 17.9 Å². The zero-order chi connectivity index (χ0) is 13.2. The van der Waals surface area contributed by atoms with Gasteiger partial charge in [-0.25, -0.2) is 18.2 Å². The smallest absolute Gasteiger partial charge is 0.346 e. The van der Waals surface area contributed by atoms with Crippen LogP contribution in [-0.4, -0.2) is 37.2 Å². The van der Waals surface area contributed by atoms with Gasteiger partial charge >= 0.3 is 5.97 Å². The van der Waals surface area contributed by atoms with Crippen molar-refractivity contribution in [3.63, 3.8) is 0 Å². The third-order valence-electron chi connectivity index (χ3n) is 1.84. The van der Waals surface area contributed by atoms with E-state index in [1.807, 2.05) is 0 Å². The van der Waals surface area contributed by atoms with Gasteiger partial charge in [0.1, 0.15) is 5.82 Å². The van der Waals surface area contributed by atoms with Gasteiger partial charge < -0.3 is 9.72 Å². The van der Waals surface area contributed by atoms with Gasteiger partial charge in [-0.3, -0.25) is 4.79 Å². The van der Waals surface area contributed by atoms with Crippen LogP contribution in [0.1, 0.15) is 23.1 Å². The molecule has 0 aromatic carbocycles. The Morgan fingerprint density at radius 3 is 2.53 bits per heavy atom. The highest BCUT2D eigenvalue weighted by Gasteiger charge is 2.25. The molecule has 0 saturated carbocycles. The summed E-state index contributed by atoms with van der Waals surface area (Å²) in [5, 5.41) is -0.558. The molecule has 1 heterocycles. The number of nitrogens with one attached hydrogen (secondary N) is 1. The standard InChI is InChI=1S/C9H12N2O5S/c1-4-16-9(13)6-7(12)10-5(2)11-8(6)17(3,14)15/h4H2,1-3H3,(H,10,11,12). The molecule has 0 aliphatic heterocycles. The summed E-state index contributed by atoms with van der Waals surface area (Å²) in [5.41, 5.74) is -1.41. The van der Waals surface area contributed by atoms with Crippen LogP contribution in [-0.2, 0) is 14.6 Å². The molecule has 0 spiro atoms. The fraction of sp³-hybridized carbons (Fsp3) is 0.444. The Labute approximate surface area is 97.8 Å². The number of hydrogen-bond acceptors (Lipinski definition) is 6. The Morgan fingerprint density at radius 1 is 1.47 bits per heavy atom. The number of carbonyl (C=O) groups is 1. The van der Waals surface area contributed by atoms with Crippen LogP contribution in [0.3, 0.4) is 0 Å². The second-order valence-corrected chi connectivity index (χ2v) is 5.26. The first kappa shape index (κ1) is 13.4. The molecule has 1 N–H and O–H groups in total. The minimum Gasteiger partial charge on any atom is -0.462 e. The van der Waals surface area contributed by atoms with Crippen molar-refractivity contribution in [3.05, 3.63) is 21.7 Å². The van der Waals surface area contributed by atoms with Crippen LogP contribution in [0.2, 0.25) is 0 Å². The second-order valence-electron chi connectivity index (χ2n) is 3.32. The van der Waals surface area contributed by atoms with E-state index in [0.29, 0.717) is 0 Å². The molecule has 0 amide bonds. The number of aromatic amines is 1. The molecule has 94 valence electrons. The van der Waals surface area contributed by atoms with E-state index in [0.717, 1.165) is 6.26 Å². The maximum Gasteiger partial charge on any atom is 0.346 e. The van der Waals surface area contributed by atoms with Crippen molar-refractivity contribution in [3.8, 4) is 0 Å². The summed E-state index contributed by atoms with van der Waals surface area (Å²) in [6, 6.07) is 0. The molecule has 7 nitrogen and oxygen atoms in total. The molecule has 1 aromatic heterocycles. The highest BCUT2D eigenvalue weighted by molar-refractivity contribution is 7.90. The van der Waals surface area contributed by atoms with Crippen molar-refractivity contribution in [2.45, 2.75) is 18.9 Å². The normalized spacial score (nSPS) is 11.2. The van der Waals surface area contributed by atoms with Crippen molar-refractivity contribution in [1.29, 1.82) is 0 Å². The van der Waals surface area contributed by atoms with E-state index in [4.69, 9.17) is 0 Å². The molecule has 0 unspecified atom stereocenters. The highest BCUT2D eigenvalue weighted by Crippen LogP contribution is 2.10. The van der Waals surface area contributed by atoms with Gasteiger partial charge in [-0.15, -0.1) is 0 Å². The summed E-state index contributed by atoms with van der Waals surface area (Å²) in [4.78, 5) is 29.0. The first-order valence-electron chi connectivity index (χ1n) is 4.75. The van der Waals surface area contributed by atoms with Gasteiger partial charge in [0.2, 0.25) is 0 Å². The van der Waals surface area contributed by atoms with Gasteiger partial charge in [0.05, 0.1) is 6.61 Å². The fourth-order valence-corrected chi connectivity index (χ4v) is 2.06. The Balaban J connectivity index is 3.58. The van der Waals surface area contributed by atoms with Gasteiger partial charge in [-0.2, -0.15) is 0 Å². The minimum atomic E-state index is -3.77. The topological polar surface area (TPSA) is 106 Å². The third-order valence-corrected chi connectivity index (χ3v) is 2.83. The molecule has 1 aromatic rings. The molecule has 8 heteroatoms. The largest absolute Gasteiger partial charge is 0.462 e. The highest BCUT2D eigenvalue weighted by atomic mass is 32.2. The molecular formula is C9H12N2O5S. The summed E-state index contributed by atoms with van der Waals surface area (Å²) in [7, 11) is -3.77. The maximum atomic E-state index is 11.6. The first-order valence-corrected chi connectivity index (χ1v) is 6.64. The van der Waals surface area contributed by atoms with Gasteiger partial charge in [-0.1, -0.05) is 0 Å². The number of aromatic nitrogens is 2. The number of ether oxygens (including phenoxy) is 1. The minimum absolute atomic E-state index is 0.0371. The van der Waals surface area contributed by atoms with Crippen molar-refractivity contribution in [1.82, 2.24) is 9.97 Å². The van der Waals surface area contributed by atoms with Crippen LogP contribution in [0.4, 0.5) is 0 Å². The Kier molecular flexibility index (Phi) is 3.66. The van der Waals surface area contributed by atoms with Gasteiger partial charge in [0.25, 0.3) is 5.56 Å². The predicted octanol–water partition coefficient (Wildman–Crippen LogP) is -0.341. The second kappa shape index (κ2) is 4.66. The van der Waals surface area contributed by atoms with Crippen LogP contribution >= 0.6 is 0 Å². The van der Waals surface area contributed by atoms with Crippen molar-refractivity contribution in [2.24, 2.45) is 0 Å². The van der Waals surface area contributed by atoms with Gasteiger partial charge in [0, 0.05) is 6.26 Å². The van der Waals surface area contributed by atoms with Crippen LogP contribution in [0.15, 0.2) is 9.82 Å². The zero-order valence-electron chi connectivity index (χ0n) is 9.60. The molecule has 17 heavy (non-hydrogen) atoms. The zero-order valence-corrected chi connectivity index (χ0v) is 10.4. The van der Waals surface area contributed by atoms with Crippen molar-refractivity contribution >= 4 is 15.8 Å². The van der Waals surface area contributed by atoms with Crippen LogP contribution in [0.5, 0.6) is 0 Å². The molecule has 1 rings (SSSR count). The van der Waals surface area contributed by atoms with E-state index in [1.54, 1.807) is 6.92 Å². The van der Waals surface area contributed by atoms with E-state index < -0.39 is 32.0 Å². The van der Waals surface area contributed by atoms with Crippen molar-refractivity contribution in [2.75, 3.05) is 12.9 Å². The van der Waals surface area contributed by atoms with E-state index in [2.05, 4.69) is 14.7 Å². The average molecular weight is 260 g/mol. The Morgan fingerprint density at radius 2 is 2.06 bits per heavy atom. The number of rotatable bonds is 3. The summed E-state index contributed by atoms with van der Waals surface area (Å²) >= 11 is 0. The lowest BCUT2D eigenvalue weighted by molar-refractivity contribution is 0.0518. The lowest BCUT2D eigenvalue weighted by Crippen LogP contribution is -2.26. The maximum absolute atomic E-state index is 11.6. The van der Waals surface area contributed by atoms with Gasteiger partial charge in [0.15, 0.2) is 20.4 Å².